The first-order chi connectivity index (χ1) is 12.0. The molecule has 7 nitrogen and oxygen atoms in total. The molecule has 2 aromatic heterocycles. The minimum atomic E-state index is -0.253. The van der Waals surface area contributed by atoms with Crippen LogP contribution in [-0.4, -0.2) is 31.5 Å². The highest BCUT2D eigenvalue weighted by atomic mass is 35.5. The van der Waals surface area contributed by atoms with E-state index >= 15 is 0 Å². The standard InChI is InChI=1S/C15H12Cl2N6OS/c16-9-4-5-11(10(17)7-9)20-13(24)8-25-15-22-21-14(23(15)18)12-3-1-2-6-19-12/h1-7H,8,18H2,(H,20,24). The molecule has 128 valence electrons. The Morgan fingerprint density at radius 2 is 2.08 bits per heavy atom. The van der Waals surface area contributed by atoms with Gasteiger partial charge in [-0.05, 0) is 30.3 Å². The molecule has 0 aliphatic rings. The Bertz CT molecular complexity index is 902. The molecular weight excluding hydrogens is 383 g/mol. The molecule has 3 rings (SSSR count). The molecule has 0 unspecified atom stereocenters. The van der Waals surface area contributed by atoms with Gasteiger partial charge in [-0.1, -0.05) is 41.0 Å². The Morgan fingerprint density at radius 3 is 2.80 bits per heavy atom. The van der Waals surface area contributed by atoms with E-state index in [4.69, 9.17) is 29.0 Å². The minimum absolute atomic E-state index is 0.0938. The molecule has 3 N–H and O–H groups in total. The van der Waals surface area contributed by atoms with E-state index in [2.05, 4.69) is 20.5 Å². The number of hydrogen-bond donors (Lipinski definition) is 2. The second-order valence-corrected chi connectivity index (χ2v) is 6.64. The highest BCUT2D eigenvalue weighted by Crippen LogP contribution is 2.26. The van der Waals surface area contributed by atoms with Gasteiger partial charge in [0.1, 0.15) is 5.69 Å². The summed E-state index contributed by atoms with van der Waals surface area (Å²) in [5.41, 5.74) is 1.09. The number of halogens is 2. The van der Waals surface area contributed by atoms with Gasteiger partial charge in [-0.15, -0.1) is 10.2 Å². The molecule has 1 amide bonds. The van der Waals surface area contributed by atoms with E-state index in [9.17, 15) is 4.79 Å². The van der Waals surface area contributed by atoms with Gasteiger partial charge in [-0.2, -0.15) is 0 Å². The average Bonchev–Trinajstić information content (AvgIpc) is 2.97. The van der Waals surface area contributed by atoms with Crippen molar-refractivity contribution in [3.05, 3.63) is 52.6 Å². The van der Waals surface area contributed by atoms with Crippen molar-refractivity contribution in [2.24, 2.45) is 0 Å². The fourth-order valence-electron chi connectivity index (χ4n) is 1.95. The molecule has 0 atom stereocenters. The second kappa shape index (κ2) is 7.73. The molecule has 0 aliphatic heterocycles. The number of nitrogen functional groups attached to an aromatic ring is 1. The largest absolute Gasteiger partial charge is 0.335 e. The molecule has 0 bridgehead atoms. The first kappa shape index (κ1) is 17.5. The van der Waals surface area contributed by atoms with Gasteiger partial charge < -0.3 is 11.2 Å². The molecule has 1 aromatic carbocycles. The number of nitrogens with one attached hydrogen (secondary N) is 1. The van der Waals surface area contributed by atoms with E-state index in [0.717, 1.165) is 11.8 Å². The Kier molecular flexibility index (Phi) is 5.42. The summed E-state index contributed by atoms with van der Waals surface area (Å²) in [6.45, 7) is 0. The number of nitrogens with zero attached hydrogens (tertiary/aromatic N) is 4. The lowest BCUT2D eigenvalue weighted by Gasteiger charge is -2.07. The minimum Gasteiger partial charge on any atom is -0.335 e. The zero-order chi connectivity index (χ0) is 17.8. The number of nitrogens with two attached hydrogens (primary N) is 1. The number of amides is 1. The Balaban J connectivity index is 1.64. The van der Waals surface area contributed by atoms with Crippen LogP contribution in [0.15, 0.2) is 47.8 Å². The van der Waals surface area contributed by atoms with E-state index in [0.29, 0.717) is 32.4 Å². The van der Waals surface area contributed by atoms with Crippen molar-refractivity contribution in [2.45, 2.75) is 5.16 Å². The lowest BCUT2D eigenvalue weighted by Crippen LogP contribution is -2.16. The van der Waals surface area contributed by atoms with Gasteiger partial charge in [0.25, 0.3) is 0 Å². The summed E-state index contributed by atoms with van der Waals surface area (Å²) in [5, 5.41) is 12.0. The fraction of sp³-hybridized carbons (Fsp3) is 0.0667. The fourth-order valence-corrected chi connectivity index (χ4v) is 3.06. The lowest BCUT2D eigenvalue weighted by atomic mass is 10.3. The molecule has 0 spiro atoms. The van der Waals surface area contributed by atoms with Gasteiger partial charge in [0, 0.05) is 11.2 Å². The molecule has 0 radical (unpaired) electrons. The summed E-state index contributed by atoms with van der Waals surface area (Å²) < 4.78 is 1.30. The SMILES string of the molecule is Nn1c(SCC(=O)Nc2ccc(Cl)cc2Cl)nnc1-c1ccccn1. The van der Waals surface area contributed by atoms with Crippen LogP contribution in [-0.2, 0) is 4.79 Å². The van der Waals surface area contributed by atoms with Gasteiger partial charge in [0.15, 0.2) is 0 Å². The summed E-state index contributed by atoms with van der Waals surface area (Å²) in [4.78, 5) is 16.3. The summed E-state index contributed by atoms with van der Waals surface area (Å²) in [7, 11) is 0. The van der Waals surface area contributed by atoms with Crippen molar-refractivity contribution in [2.75, 3.05) is 16.9 Å². The smallest absolute Gasteiger partial charge is 0.234 e. The maximum Gasteiger partial charge on any atom is 0.234 e. The molecule has 25 heavy (non-hydrogen) atoms. The lowest BCUT2D eigenvalue weighted by molar-refractivity contribution is -0.113. The molecule has 0 saturated heterocycles. The molecule has 2 heterocycles. The van der Waals surface area contributed by atoms with E-state index in [1.165, 1.54) is 4.68 Å². The zero-order valence-corrected chi connectivity index (χ0v) is 15.0. The first-order valence-corrected chi connectivity index (χ1v) is 8.78. The van der Waals surface area contributed by atoms with Crippen LogP contribution in [0.4, 0.5) is 5.69 Å². The molecule has 0 fully saturated rings. The van der Waals surface area contributed by atoms with Crippen molar-refractivity contribution >= 4 is 46.6 Å². The number of benzene rings is 1. The number of hydrogen-bond acceptors (Lipinski definition) is 6. The van der Waals surface area contributed by atoms with E-state index in [1.54, 1.807) is 36.5 Å². The van der Waals surface area contributed by atoms with Gasteiger partial charge in [-0.3, -0.25) is 9.78 Å². The monoisotopic (exact) mass is 394 g/mol. The van der Waals surface area contributed by atoms with Crippen molar-refractivity contribution in [3.8, 4) is 11.5 Å². The zero-order valence-electron chi connectivity index (χ0n) is 12.7. The van der Waals surface area contributed by atoms with Crippen LogP contribution in [0.1, 0.15) is 0 Å². The number of carbonyl (C=O) groups excluding carboxylic acids is 1. The highest BCUT2D eigenvalue weighted by Gasteiger charge is 2.15. The normalized spacial score (nSPS) is 10.6. The molecule has 0 saturated carbocycles. The molecular formula is C15H12Cl2N6OS. The summed E-state index contributed by atoms with van der Waals surface area (Å²) in [5.74, 6) is 6.24. The Labute approximate surface area is 157 Å². The summed E-state index contributed by atoms with van der Waals surface area (Å²) in [6.07, 6.45) is 1.64. The van der Waals surface area contributed by atoms with Gasteiger partial charge >= 0.3 is 0 Å². The van der Waals surface area contributed by atoms with Gasteiger partial charge in [0.05, 0.1) is 16.5 Å². The Hall–Kier alpha value is -2.29. The van der Waals surface area contributed by atoms with Crippen LogP contribution < -0.4 is 11.2 Å². The van der Waals surface area contributed by atoms with Crippen molar-refractivity contribution in [1.82, 2.24) is 19.9 Å². The predicted molar refractivity (Wildman–Crippen MR) is 99.2 cm³/mol. The first-order valence-electron chi connectivity index (χ1n) is 7.04. The van der Waals surface area contributed by atoms with Crippen LogP contribution in [0, 0.1) is 0 Å². The maximum atomic E-state index is 12.1. The molecule has 10 heteroatoms. The highest BCUT2D eigenvalue weighted by molar-refractivity contribution is 7.99. The van der Waals surface area contributed by atoms with E-state index in [-0.39, 0.29) is 11.7 Å². The van der Waals surface area contributed by atoms with Gasteiger partial charge in [-0.25, -0.2) is 4.68 Å². The maximum absolute atomic E-state index is 12.1. The number of anilines is 1. The Morgan fingerprint density at radius 1 is 1.24 bits per heavy atom. The average molecular weight is 395 g/mol. The number of rotatable bonds is 5. The molecule has 3 aromatic rings. The van der Waals surface area contributed by atoms with Crippen LogP contribution >= 0.6 is 35.0 Å². The van der Waals surface area contributed by atoms with E-state index in [1.807, 2.05) is 6.07 Å². The van der Waals surface area contributed by atoms with Crippen molar-refractivity contribution < 1.29 is 4.79 Å². The van der Waals surface area contributed by atoms with Crippen LogP contribution in [0.2, 0.25) is 10.0 Å². The van der Waals surface area contributed by atoms with E-state index < -0.39 is 0 Å². The third-order valence-corrected chi connectivity index (χ3v) is 4.59. The summed E-state index contributed by atoms with van der Waals surface area (Å²) >= 11 is 13.0. The quantitative estimate of drug-likeness (QED) is 0.509. The number of carbonyl (C=O) groups is 1. The van der Waals surface area contributed by atoms with Crippen LogP contribution in [0.3, 0.4) is 0 Å². The number of thioether (sulfide) groups is 1. The van der Waals surface area contributed by atoms with Crippen molar-refractivity contribution in [1.29, 1.82) is 0 Å². The second-order valence-electron chi connectivity index (χ2n) is 4.85. The van der Waals surface area contributed by atoms with Crippen molar-refractivity contribution in [3.63, 3.8) is 0 Å². The molecule has 0 aliphatic carbocycles. The van der Waals surface area contributed by atoms with Gasteiger partial charge in [0.2, 0.25) is 16.9 Å². The number of pyridine rings is 1. The predicted octanol–water partition coefficient (Wildman–Crippen LogP) is 3.09. The number of aromatic nitrogens is 4. The third kappa shape index (κ3) is 4.22. The van der Waals surface area contributed by atoms with Crippen LogP contribution in [0.25, 0.3) is 11.5 Å². The third-order valence-electron chi connectivity index (χ3n) is 3.10. The topological polar surface area (TPSA) is 98.7 Å². The van der Waals surface area contributed by atoms with Crippen LogP contribution in [0.5, 0.6) is 0 Å². The summed E-state index contributed by atoms with van der Waals surface area (Å²) in [6, 6.07) is 10.2.